The molecule has 4 aliphatic rings. The van der Waals surface area contributed by atoms with Crippen LogP contribution in [0.4, 0.5) is 18.0 Å². The van der Waals surface area contributed by atoms with Crippen LogP contribution in [0.15, 0.2) is 0 Å². The normalized spacial score (nSPS) is 40.8. The number of fused-ring (bicyclic) bond motifs is 5. The summed E-state index contributed by atoms with van der Waals surface area (Å²) < 4.78 is 66.1. The lowest BCUT2D eigenvalue weighted by Crippen LogP contribution is -2.62. The number of aliphatic hydroxyl groups is 1. The van der Waals surface area contributed by atoms with Crippen molar-refractivity contribution in [3.63, 3.8) is 0 Å². The third-order valence-corrected chi connectivity index (χ3v) is 13.4. The van der Waals surface area contributed by atoms with Gasteiger partial charge in [-0.05, 0) is 110 Å². The Morgan fingerprint density at radius 2 is 1.67 bits per heavy atom. The van der Waals surface area contributed by atoms with Gasteiger partial charge in [-0.1, -0.05) is 34.1 Å². The van der Waals surface area contributed by atoms with E-state index in [0.29, 0.717) is 49.5 Å². The number of rotatable bonds is 9. The van der Waals surface area contributed by atoms with Gasteiger partial charge in [0.15, 0.2) is 0 Å². The Morgan fingerprint density at radius 1 is 1.02 bits per heavy atom. The van der Waals surface area contributed by atoms with Crippen LogP contribution in [0.2, 0.25) is 0 Å². The largest absolute Gasteiger partial charge is 0.449 e. The molecule has 0 spiro atoms. The van der Waals surface area contributed by atoms with Crippen LogP contribution >= 0.6 is 0 Å². The predicted molar refractivity (Wildman–Crippen MR) is 153 cm³/mol. The number of Topliss-reactive ketones (excluding diaryl/α,β-unsaturated/α-hetero) is 1. The van der Waals surface area contributed by atoms with Crippen molar-refractivity contribution in [2.45, 2.75) is 104 Å². The average molecular weight is 622 g/mol. The second-order valence-electron chi connectivity index (χ2n) is 14.3. The maximum absolute atomic E-state index is 13.0. The molecule has 42 heavy (non-hydrogen) atoms. The fraction of sp³-hybridized carbons (Fsp3) is 0.933. The zero-order chi connectivity index (χ0) is 31.3. The molecule has 0 aliphatic heterocycles. The fourth-order valence-electron chi connectivity index (χ4n) is 10.4. The molecule has 2 amide bonds. The first-order chi connectivity index (χ1) is 19.5. The summed E-state index contributed by atoms with van der Waals surface area (Å²) in [6, 6.07) is -0.760. The first-order valence-electron chi connectivity index (χ1n) is 15.8. The second-order valence-corrected chi connectivity index (χ2v) is 15.9. The number of amides is 2. The van der Waals surface area contributed by atoms with E-state index in [1.165, 1.54) is 7.05 Å². The molecular formula is C30H50F3N3O5S. The van der Waals surface area contributed by atoms with Gasteiger partial charge in [0.25, 0.3) is 0 Å². The van der Waals surface area contributed by atoms with E-state index in [0.717, 1.165) is 38.5 Å². The number of carbonyl (C=O) groups excluding carboxylic acids is 2. The SMILES string of the molecule is CC[C@H]1[C@@H](O)[C@H]2[C@H](CC[C@]3(C)[C@@H]([C@H](C)CCNC(=O)NS(=O)(=O)NC)CC[C@@H]23)C2(C)CC[C@@H](CC(=O)C(F)(F)F)C[C@@H]12. The summed E-state index contributed by atoms with van der Waals surface area (Å²) in [5, 5.41) is 14.6. The standard InChI is InChI=1S/C30H50F3N3O5S/c1-6-19-23-15-18(16-24(37)30(31,32)33)9-12-29(23,4)22-10-13-28(3)20(7-8-21(28)25(22)26(19)38)17(2)11-14-35-27(39)36-42(40,41)34-5/h17-23,25-26,34,38H,6-16H2,1-5H3,(H2,35,36,39)/t17-,18-,19-,20-,21+,22+,23+,25-,26-,28-,29?/m1/s1. The lowest BCUT2D eigenvalue weighted by atomic mass is 9.41. The highest BCUT2D eigenvalue weighted by atomic mass is 32.2. The molecule has 4 N–H and O–H groups in total. The van der Waals surface area contributed by atoms with Crippen molar-refractivity contribution in [3.05, 3.63) is 0 Å². The molecule has 0 saturated heterocycles. The molecule has 11 atom stereocenters. The van der Waals surface area contributed by atoms with E-state index in [1.54, 1.807) is 0 Å². The van der Waals surface area contributed by atoms with Crippen molar-refractivity contribution in [1.82, 2.24) is 14.8 Å². The summed E-state index contributed by atoms with van der Waals surface area (Å²) in [6.45, 7) is 9.30. The molecular weight excluding hydrogens is 571 g/mol. The van der Waals surface area contributed by atoms with Crippen LogP contribution in [0.1, 0.15) is 91.9 Å². The number of ketones is 1. The Bertz CT molecular complexity index is 1120. The van der Waals surface area contributed by atoms with Gasteiger partial charge in [0.2, 0.25) is 5.78 Å². The summed E-state index contributed by atoms with van der Waals surface area (Å²) >= 11 is 0. The van der Waals surface area contributed by atoms with Gasteiger partial charge in [-0.2, -0.15) is 21.6 Å². The molecule has 0 bridgehead atoms. The monoisotopic (exact) mass is 621 g/mol. The summed E-state index contributed by atoms with van der Waals surface area (Å²) in [7, 11) is -2.63. The molecule has 242 valence electrons. The van der Waals surface area contributed by atoms with Gasteiger partial charge >= 0.3 is 22.4 Å². The van der Waals surface area contributed by atoms with Crippen molar-refractivity contribution in [1.29, 1.82) is 0 Å². The molecule has 0 radical (unpaired) electrons. The van der Waals surface area contributed by atoms with Crippen molar-refractivity contribution in [3.8, 4) is 0 Å². The van der Waals surface area contributed by atoms with Crippen LogP contribution in [-0.2, 0) is 15.0 Å². The van der Waals surface area contributed by atoms with Crippen molar-refractivity contribution >= 4 is 22.0 Å². The van der Waals surface area contributed by atoms with Gasteiger partial charge in [-0.25, -0.2) is 14.2 Å². The van der Waals surface area contributed by atoms with Crippen LogP contribution < -0.4 is 14.8 Å². The maximum atomic E-state index is 13.0. The van der Waals surface area contributed by atoms with Crippen LogP contribution in [0.5, 0.6) is 0 Å². The molecule has 4 rings (SSSR count). The number of halogens is 3. The van der Waals surface area contributed by atoms with Crippen molar-refractivity contribution in [2.24, 2.45) is 58.2 Å². The number of urea groups is 1. The molecule has 0 aromatic carbocycles. The first kappa shape index (κ1) is 33.5. The Kier molecular flexibility index (Phi) is 9.71. The fourth-order valence-corrected chi connectivity index (χ4v) is 10.8. The lowest BCUT2D eigenvalue weighted by molar-refractivity contribution is -0.201. The number of aliphatic hydroxyl groups excluding tert-OH is 1. The van der Waals surface area contributed by atoms with E-state index >= 15 is 0 Å². The molecule has 4 aliphatic carbocycles. The van der Waals surface area contributed by atoms with Crippen LogP contribution in [-0.4, -0.2) is 51.2 Å². The highest BCUT2D eigenvalue weighted by molar-refractivity contribution is 7.88. The zero-order valence-electron chi connectivity index (χ0n) is 25.6. The summed E-state index contributed by atoms with van der Waals surface area (Å²) in [5.41, 5.74) is -0.0184. The number of nitrogens with one attached hydrogen (secondary N) is 3. The predicted octanol–water partition coefficient (Wildman–Crippen LogP) is 5.18. The topological polar surface area (TPSA) is 125 Å². The van der Waals surface area contributed by atoms with Gasteiger partial charge < -0.3 is 10.4 Å². The molecule has 4 saturated carbocycles. The van der Waals surface area contributed by atoms with E-state index in [2.05, 4.69) is 33.0 Å². The highest BCUT2D eigenvalue weighted by Gasteiger charge is 2.65. The van der Waals surface area contributed by atoms with Crippen molar-refractivity contribution in [2.75, 3.05) is 13.6 Å². The number of alkyl halides is 3. The van der Waals surface area contributed by atoms with Crippen LogP contribution in [0, 0.1) is 58.2 Å². The number of carbonyl (C=O) groups is 2. The Balaban J connectivity index is 1.45. The van der Waals surface area contributed by atoms with E-state index < -0.39 is 40.7 Å². The minimum Gasteiger partial charge on any atom is -0.393 e. The molecule has 4 fully saturated rings. The molecule has 0 heterocycles. The van der Waals surface area contributed by atoms with E-state index in [4.69, 9.17) is 0 Å². The minimum absolute atomic E-state index is 0.00969. The summed E-state index contributed by atoms with van der Waals surface area (Å²) in [5.74, 6) is -0.263. The summed E-state index contributed by atoms with van der Waals surface area (Å²) in [4.78, 5) is 23.8. The quantitative estimate of drug-likeness (QED) is 0.283. The molecule has 1 unspecified atom stereocenters. The van der Waals surface area contributed by atoms with Crippen LogP contribution in [0.3, 0.4) is 0 Å². The summed E-state index contributed by atoms with van der Waals surface area (Å²) in [6.07, 6.45) is 1.83. The Morgan fingerprint density at radius 3 is 2.29 bits per heavy atom. The van der Waals surface area contributed by atoms with E-state index in [9.17, 15) is 36.3 Å². The smallest absolute Gasteiger partial charge is 0.393 e. The average Bonchev–Trinajstić information content (AvgIpc) is 3.26. The van der Waals surface area contributed by atoms with Gasteiger partial charge in [0.05, 0.1) is 6.10 Å². The Hall–Kier alpha value is -1.40. The minimum atomic E-state index is -4.79. The van der Waals surface area contributed by atoms with Gasteiger partial charge in [0, 0.05) is 20.0 Å². The van der Waals surface area contributed by atoms with Gasteiger partial charge in [-0.15, -0.1) is 0 Å². The van der Waals surface area contributed by atoms with E-state index in [1.807, 2.05) is 9.44 Å². The molecule has 0 aromatic rings. The van der Waals surface area contributed by atoms with Gasteiger partial charge in [0.1, 0.15) is 0 Å². The number of hydrogen-bond acceptors (Lipinski definition) is 5. The third-order valence-electron chi connectivity index (χ3n) is 12.5. The van der Waals surface area contributed by atoms with Gasteiger partial charge in [-0.3, -0.25) is 4.79 Å². The molecule has 8 nitrogen and oxygen atoms in total. The maximum Gasteiger partial charge on any atom is 0.449 e. The molecule has 12 heteroatoms. The van der Waals surface area contributed by atoms with E-state index in [-0.39, 0.29) is 34.5 Å². The van der Waals surface area contributed by atoms with Crippen LogP contribution in [0.25, 0.3) is 0 Å². The zero-order valence-corrected chi connectivity index (χ0v) is 26.4. The molecule has 0 aromatic heterocycles. The highest BCUT2D eigenvalue weighted by Crippen LogP contribution is 2.70. The number of hydrogen-bond donors (Lipinski definition) is 4. The third kappa shape index (κ3) is 6.23. The van der Waals surface area contributed by atoms with Crippen molar-refractivity contribution < 1.29 is 36.3 Å². The second kappa shape index (κ2) is 12.2. The first-order valence-corrected chi connectivity index (χ1v) is 17.2. The Labute approximate surface area is 248 Å². The lowest BCUT2D eigenvalue weighted by Gasteiger charge is -2.65.